The number of hydrogen-bond acceptors (Lipinski definition) is 7. The van der Waals surface area contributed by atoms with Crippen LogP contribution >= 0.6 is 11.3 Å². The van der Waals surface area contributed by atoms with Crippen LogP contribution in [0.25, 0.3) is 0 Å². The molecule has 0 saturated heterocycles. The molecule has 2 aromatic heterocycles. The molecule has 0 spiro atoms. The summed E-state index contributed by atoms with van der Waals surface area (Å²) in [6.45, 7) is 8.18. The lowest BCUT2D eigenvalue weighted by Gasteiger charge is -2.17. The summed E-state index contributed by atoms with van der Waals surface area (Å²) in [6.07, 6.45) is 1.30. The number of anilines is 1. The van der Waals surface area contributed by atoms with E-state index in [1.807, 2.05) is 6.92 Å². The molecule has 0 fully saturated rings. The summed E-state index contributed by atoms with van der Waals surface area (Å²) in [6, 6.07) is 2.91. The second-order valence-electron chi connectivity index (χ2n) is 7.12. The Balaban J connectivity index is 2.04. The minimum Gasteiger partial charge on any atom is -0.459 e. The lowest BCUT2D eigenvalue weighted by Crippen LogP contribution is -2.34. The van der Waals surface area contributed by atoms with Crippen molar-refractivity contribution in [3.63, 3.8) is 0 Å². The number of rotatable bonds is 5. The molecule has 0 bridgehead atoms. The number of imide groups is 1. The minimum absolute atomic E-state index is 0.0313. The summed E-state index contributed by atoms with van der Waals surface area (Å²) in [5.41, 5.74) is 0.218. The van der Waals surface area contributed by atoms with Crippen molar-refractivity contribution in [2.45, 2.75) is 34.6 Å². The van der Waals surface area contributed by atoms with Crippen LogP contribution in [0.2, 0.25) is 0 Å². The number of ether oxygens (including phenoxy) is 1. The van der Waals surface area contributed by atoms with Crippen LogP contribution in [0.5, 0.6) is 0 Å². The number of nitrogens with one attached hydrogen (secondary N) is 2. The molecule has 0 unspecified atom stereocenters. The summed E-state index contributed by atoms with van der Waals surface area (Å²) in [4.78, 5) is 49.2. The zero-order valence-electron chi connectivity index (χ0n) is 16.3. The molecule has 0 aromatic carbocycles. The largest absolute Gasteiger partial charge is 0.459 e. The first-order valence-electron chi connectivity index (χ1n) is 8.47. The van der Waals surface area contributed by atoms with Gasteiger partial charge in [-0.05, 0) is 31.5 Å². The van der Waals surface area contributed by atoms with Gasteiger partial charge in [0.2, 0.25) is 5.91 Å². The number of furan rings is 1. The highest BCUT2D eigenvalue weighted by atomic mass is 32.1. The van der Waals surface area contributed by atoms with Crippen LogP contribution in [-0.2, 0) is 14.3 Å². The fourth-order valence-corrected chi connectivity index (χ4v) is 3.13. The average molecular weight is 406 g/mol. The summed E-state index contributed by atoms with van der Waals surface area (Å²) in [7, 11) is 0. The third kappa shape index (κ3) is 5.07. The Labute approximate surface area is 166 Å². The highest BCUT2D eigenvalue weighted by Gasteiger charge is 2.27. The Bertz CT molecular complexity index is 906. The molecule has 150 valence electrons. The molecule has 0 aliphatic rings. The zero-order chi connectivity index (χ0) is 21.1. The van der Waals surface area contributed by atoms with Gasteiger partial charge in [-0.2, -0.15) is 0 Å². The van der Waals surface area contributed by atoms with E-state index >= 15 is 0 Å². The molecule has 8 nitrogen and oxygen atoms in total. The van der Waals surface area contributed by atoms with Gasteiger partial charge in [-0.15, -0.1) is 11.3 Å². The van der Waals surface area contributed by atoms with E-state index in [4.69, 9.17) is 9.15 Å². The maximum Gasteiger partial charge on any atom is 0.341 e. The number of amides is 3. The number of thiophene rings is 1. The van der Waals surface area contributed by atoms with Gasteiger partial charge in [-0.3, -0.25) is 19.7 Å². The zero-order valence-corrected chi connectivity index (χ0v) is 17.1. The van der Waals surface area contributed by atoms with E-state index in [2.05, 4.69) is 10.6 Å². The first-order chi connectivity index (χ1) is 13.0. The number of carbonyl (C=O) groups is 4. The van der Waals surface area contributed by atoms with Crippen LogP contribution in [0.1, 0.15) is 52.1 Å². The van der Waals surface area contributed by atoms with Crippen molar-refractivity contribution in [3.8, 4) is 0 Å². The second-order valence-corrected chi connectivity index (χ2v) is 8.35. The van der Waals surface area contributed by atoms with E-state index in [1.54, 1.807) is 27.7 Å². The summed E-state index contributed by atoms with van der Waals surface area (Å²) < 4.78 is 9.91. The fraction of sp³-hybridized carbons (Fsp3) is 0.368. The van der Waals surface area contributed by atoms with Gasteiger partial charge >= 0.3 is 5.97 Å². The highest BCUT2D eigenvalue weighted by molar-refractivity contribution is 7.16. The SMILES string of the molecule is Cc1sc(NC(=O)C(C)(C)C)c(C(=O)OCC(=O)NC(=O)c2ccco2)c1C. The monoisotopic (exact) mass is 406 g/mol. The summed E-state index contributed by atoms with van der Waals surface area (Å²) >= 11 is 1.26. The molecule has 9 heteroatoms. The van der Waals surface area contributed by atoms with Gasteiger partial charge in [0.25, 0.3) is 11.8 Å². The van der Waals surface area contributed by atoms with Crippen LogP contribution < -0.4 is 10.6 Å². The smallest absolute Gasteiger partial charge is 0.341 e. The van der Waals surface area contributed by atoms with Gasteiger partial charge in [0.15, 0.2) is 12.4 Å². The predicted molar refractivity (Wildman–Crippen MR) is 103 cm³/mol. The van der Waals surface area contributed by atoms with Crippen molar-refractivity contribution in [2.24, 2.45) is 5.41 Å². The van der Waals surface area contributed by atoms with E-state index in [1.165, 1.54) is 29.7 Å². The van der Waals surface area contributed by atoms with Crippen LogP contribution in [0.3, 0.4) is 0 Å². The normalized spacial score (nSPS) is 11.0. The molecule has 0 radical (unpaired) electrons. The maximum absolute atomic E-state index is 12.5. The topological polar surface area (TPSA) is 115 Å². The molecule has 2 N–H and O–H groups in total. The first-order valence-corrected chi connectivity index (χ1v) is 9.28. The van der Waals surface area contributed by atoms with Crippen molar-refractivity contribution in [1.29, 1.82) is 0 Å². The average Bonchev–Trinajstić information content (AvgIpc) is 3.21. The van der Waals surface area contributed by atoms with Crippen molar-refractivity contribution in [2.75, 3.05) is 11.9 Å². The number of carbonyl (C=O) groups excluding carboxylic acids is 4. The standard InChI is InChI=1S/C19H22N2O6S/c1-10-11(2)28-16(21-18(25)19(3,4)5)14(10)17(24)27-9-13(22)20-15(23)12-7-6-8-26-12/h6-8H,9H2,1-5H3,(H,21,25)(H,20,22,23). The van der Waals surface area contributed by atoms with Crippen molar-refractivity contribution < 1.29 is 28.3 Å². The van der Waals surface area contributed by atoms with Gasteiger partial charge in [-0.25, -0.2) is 4.79 Å². The molecule has 2 heterocycles. The molecule has 0 atom stereocenters. The number of aryl methyl sites for hydroxylation is 1. The van der Waals surface area contributed by atoms with E-state index in [0.29, 0.717) is 10.6 Å². The summed E-state index contributed by atoms with van der Waals surface area (Å²) in [5, 5.41) is 5.17. The maximum atomic E-state index is 12.5. The van der Waals surface area contributed by atoms with E-state index in [9.17, 15) is 19.2 Å². The van der Waals surface area contributed by atoms with Crippen LogP contribution in [-0.4, -0.2) is 30.3 Å². The highest BCUT2D eigenvalue weighted by Crippen LogP contribution is 2.34. The fourth-order valence-electron chi connectivity index (χ4n) is 2.09. The predicted octanol–water partition coefficient (Wildman–Crippen LogP) is 3.06. The lowest BCUT2D eigenvalue weighted by atomic mass is 9.96. The van der Waals surface area contributed by atoms with Crippen molar-refractivity contribution >= 4 is 40.0 Å². The van der Waals surface area contributed by atoms with Gasteiger partial charge in [-0.1, -0.05) is 20.8 Å². The van der Waals surface area contributed by atoms with Crippen LogP contribution in [0.15, 0.2) is 22.8 Å². The molecule has 0 saturated carbocycles. The Morgan fingerprint density at radius 1 is 1.18 bits per heavy atom. The molecule has 2 aromatic rings. The van der Waals surface area contributed by atoms with Crippen molar-refractivity contribution in [3.05, 3.63) is 40.2 Å². The molecule has 28 heavy (non-hydrogen) atoms. The van der Waals surface area contributed by atoms with E-state index in [0.717, 1.165) is 4.88 Å². The van der Waals surface area contributed by atoms with Gasteiger partial charge in [0.1, 0.15) is 5.00 Å². The summed E-state index contributed by atoms with van der Waals surface area (Å²) in [5.74, 6) is -2.56. The second kappa shape index (κ2) is 8.39. The lowest BCUT2D eigenvalue weighted by molar-refractivity contribution is -0.124. The molecule has 3 amide bonds. The van der Waals surface area contributed by atoms with Crippen molar-refractivity contribution in [1.82, 2.24) is 5.32 Å². The van der Waals surface area contributed by atoms with Gasteiger partial charge in [0.05, 0.1) is 11.8 Å². The Hall–Kier alpha value is -2.94. The van der Waals surface area contributed by atoms with Crippen LogP contribution in [0.4, 0.5) is 5.00 Å². The van der Waals surface area contributed by atoms with Gasteiger partial charge < -0.3 is 14.5 Å². The molecular formula is C19H22N2O6S. The molecule has 2 rings (SSSR count). The molecule has 0 aliphatic carbocycles. The minimum atomic E-state index is -0.792. The molecule has 0 aliphatic heterocycles. The Morgan fingerprint density at radius 2 is 1.86 bits per heavy atom. The van der Waals surface area contributed by atoms with Crippen LogP contribution in [0, 0.1) is 19.3 Å². The first kappa shape index (κ1) is 21.4. The number of hydrogen-bond donors (Lipinski definition) is 2. The van der Waals surface area contributed by atoms with E-state index < -0.39 is 29.8 Å². The third-order valence-electron chi connectivity index (χ3n) is 3.83. The Kier molecular flexibility index (Phi) is 6.40. The Morgan fingerprint density at radius 3 is 2.43 bits per heavy atom. The molecular weight excluding hydrogens is 384 g/mol. The van der Waals surface area contributed by atoms with E-state index in [-0.39, 0.29) is 17.2 Å². The van der Waals surface area contributed by atoms with Gasteiger partial charge in [0, 0.05) is 10.3 Å². The third-order valence-corrected chi connectivity index (χ3v) is 4.95. The number of esters is 1. The quantitative estimate of drug-likeness (QED) is 0.738.